The summed E-state index contributed by atoms with van der Waals surface area (Å²) in [6.07, 6.45) is 1.50. The first-order valence-corrected chi connectivity index (χ1v) is 8.54. The van der Waals surface area contributed by atoms with Gasteiger partial charge in [0.05, 0.1) is 12.7 Å². The molecule has 1 N–H and O–H groups in total. The first-order chi connectivity index (χ1) is 9.76. The molecule has 126 valence electrons. The molecule has 1 heterocycles. The average Bonchev–Trinajstić information content (AvgIpc) is 2.34. The third kappa shape index (κ3) is 9.46. The van der Waals surface area contributed by atoms with Gasteiger partial charge in [0.2, 0.25) is 0 Å². The van der Waals surface area contributed by atoms with Gasteiger partial charge in [0.25, 0.3) is 0 Å². The van der Waals surface area contributed by atoms with Crippen molar-refractivity contribution in [2.75, 3.05) is 52.9 Å². The Morgan fingerprint density at radius 1 is 1.33 bits per heavy atom. The smallest absolute Gasteiger partial charge is 0.0714 e. The van der Waals surface area contributed by atoms with Gasteiger partial charge in [-0.25, -0.2) is 0 Å². The maximum atomic E-state index is 5.90. The van der Waals surface area contributed by atoms with Gasteiger partial charge in [-0.15, -0.1) is 0 Å². The summed E-state index contributed by atoms with van der Waals surface area (Å²) in [6.45, 7) is 18.8. The summed E-state index contributed by atoms with van der Waals surface area (Å²) < 4.78 is 5.90. The number of nitrogens with one attached hydrogen (secondary N) is 1. The molecular formula is C17H37N3O. The summed E-state index contributed by atoms with van der Waals surface area (Å²) in [4.78, 5) is 5.00. The molecule has 4 nitrogen and oxygen atoms in total. The van der Waals surface area contributed by atoms with Gasteiger partial charge in [-0.05, 0) is 46.7 Å². The molecule has 0 bridgehead atoms. The van der Waals surface area contributed by atoms with Crippen molar-refractivity contribution in [2.45, 2.75) is 52.7 Å². The molecule has 4 heteroatoms. The molecule has 0 spiro atoms. The van der Waals surface area contributed by atoms with Crippen molar-refractivity contribution in [1.29, 1.82) is 0 Å². The van der Waals surface area contributed by atoms with Crippen LogP contribution in [0.15, 0.2) is 0 Å². The van der Waals surface area contributed by atoms with Crippen LogP contribution >= 0.6 is 0 Å². The molecule has 0 amide bonds. The van der Waals surface area contributed by atoms with Crippen LogP contribution in [0.4, 0.5) is 0 Å². The number of nitrogens with zero attached hydrogens (tertiary/aromatic N) is 2. The lowest BCUT2D eigenvalue weighted by molar-refractivity contribution is -0.0338. The lowest BCUT2D eigenvalue weighted by atomic mass is 10.1. The summed E-state index contributed by atoms with van der Waals surface area (Å²) in [7, 11) is 2.23. The van der Waals surface area contributed by atoms with Crippen molar-refractivity contribution in [3.63, 3.8) is 0 Å². The summed E-state index contributed by atoms with van der Waals surface area (Å²) in [6, 6.07) is 0. The van der Waals surface area contributed by atoms with Gasteiger partial charge in [-0.1, -0.05) is 13.8 Å². The second-order valence-corrected chi connectivity index (χ2v) is 7.91. The molecule has 1 aliphatic rings. The van der Waals surface area contributed by atoms with Crippen LogP contribution in [-0.2, 0) is 4.74 Å². The fourth-order valence-electron chi connectivity index (χ4n) is 2.79. The molecule has 1 fully saturated rings. The zero-order valence-corrected chi connectivity index (χ0v) is 15.1. The predicted molar refractivity (Wildman–Crippen MR) is 90.9 cm³/mol. The third-order valence-corrected chi connectivity index (χ3v) is 3.82. The number of morpholine rings is 1. The Hall–Kier alpha value is -0.160. The summed E-state index contributed by atoms with van der Waals surface area (Å²) in [5.74, 6) is 0.746. The van der Waals surface area contributed by atoms with Crippen molar-refractivity contribution in [3.8, 4) is 0 Å². The molecule has 21 heavy (non-hydrogen) atoms. The normalized spacial score (nSPS) is 21.4. The molecule has 1 saturated heterocycles. The van der Waals surface area contributed by atoms with E-state index in [1.165, 1.54) is 6.54 Å². The van der Waals surface area contributed by atoms with Crippen LogP contribution in [0.3, 0.4) is 0 Å². The van der Waals surface area contributed by atoms with Crippen LogP contribution in [-0.4, -0.2) is 74.4 Å². The molecule has 0 unspecified atom stereocenters. The summed E-state index contributed by atoms with van der Waals surface area (Å²) in [5, 5.41) is 3.55. The maximum Gasteiger partial charge on any atom is 0.0714 e. The van der Waals surface area contributed by atoms with Crippen molar-refractivity contribution < 1.29 is 4.74 Å². The minimum absolute atomic E-state index is 0.202. The van der Waals surface area contributed by atoms with Crippen LogP contribution < -0.4 is 5.32 Å². The number of rotatable bonds is 8. The van der Waals surface area contributed by atoms with Crippen LogP contribution in [0.1, 0.15) is 41.0 Å². The lowest BCUT2D eigenvalue weighted by Crippen LogP contribution is -2.47. The standard InChI is InChI=1S/C17H37N3O/c1-15(2)13-19(6)9-10-20-11-12-21-16(14-20)7-8-18-17(3,4)5/h15-16,18H,7-14H2,1-6H3/t16-/m1/s1. The minimum atomic E-state index is 0.202. The van der Waals surface area contributed by atoms with E-state index in [0.717, 1.165) is 51.7 Å². The highest BCUT2D eigenvalue weighted by atomic mass is 16.5. The lowest BCUT2D eigenvalue weighted by Gasteiger charge is -2.34. The van der Waals surface area contributed by atoms with Crippen molar-refractivity contribution in [1.82, 2.24) is 15.1 Å². The molecule has 1 atom stereocenters. The highest BCUT2D eigenvalue weighted by molar-refractivity contribution is 4.76. The van der Waals surface area contributed by atoms with Gasteiger partial charge in [0.1, 0.15) is 0 Å². The van der Waals surface area contributed by atoms with E-state index in [-0.39, 0.29) is 5.54 Å². The third-order valence-electron chi connectivity index (χ3n) is 3.82. The van der Waals surface area contributed by atoms with Gasteiger partial charge in [0, 0.05) is 38.3 Å². The van der Waals surface area contributed by atoms with Crippen LogP contribution in [0.5, 0.6) is 0 Å². The van der Waals surface area contributed by atoms with Gasteiger partial charge < -0.3 is 15.0 Å². The monoisotopic (exact) mass is 299 g/mol. The maximum absolute atomic E-state index is 5.90. The van der Waals surface area contributed by atoms with Crippen molar-refractivity contribution in [2.24, 2.45) is 5.92 Å². The Balaban J connectivity index is 2.19. The molecule has 1 rings (SSSR count). The Kier molecular flexibility index (Phi) is 8.17. The quantitative estimate of drug-likeness (QED) is 0.742. The Morgan fingerprint density at radius 3 is 2.67 bits per heavy atom. The Labute approximate surface area is 132 Å². The number of likely N-dealkylation sites (N-methyl/N-ethyl adjacent to an activating group) is 1. The van der Waals surface area contributed by atoms with E-state index in [4.69, 9.17) is 4.74 Å². The highest BCUT2D eigenvalue weighted by Crippen LogP contribution is 2.09. The topological polar surface area (TPSA) is 27.7 Å². The second-order valence-electron chi connectivity index (χ2n) is 7.91. The van der Waals surface area contributed by atoms with E-state index in [1.54, 1.807) is 0 Å². The number of hydrogen-bond donors (Lipinski definition) is 1. The van der Waals surface area contributed by atoms with E-state index in [0.29, 0.717) is 6.10 Å². The van der Waals surface area contributed by atoms with Crippen LogP contribution in [0, 0.1) is 5.92 Å². The zero-order chi connectivity index (χ0) is 15.9. The van der Waals surface area contributed by atoms with E-state index in [2.05, 4.69) is 56.8 Å². The predicted octanol–water partition coefficient (Wildman–Crippen LogP) is 2.05. The molecule has 1 aliphatic heterocycles. The fraction of sp³-hybridized carbons (Fsp3) is 1.00. The SMILES string of the molecule is CC(C)CN(C)CCN1CCO[C@H](CCNC(C)(C)C)C1. The first kappa shape index (κ1) is 18.9. The first-order valence-electron chi connectivity index (χ1n) is 8.54. The van der Waals surface area contributed by atoms with Gasteiger partial charge in [-0.2, -0.15) is 0 Å². The van der Waals surface area contributed by atoms with E-state index in [1.807, 2.05) is 0 Å². The summed E-state index contributed by atoms with van der Waals surface area (Å²) in [5.41, 5.74) is 0.202. The Bertz CT molecular complexity index is 276. The number of ether oxygens (including phenoxy) is 1. The summed E-state index contributed by atoms with van der Waals surface area (Å²) >= 11 is 0. The molecule has 0 aliphatic carbocycles. The number of hydrogen-bond acceptors (Lipinski definition) is 4. The van der Waals surface area contributed by atoms with Gasteiger partial charge in [-0.3, -0.25) is 4.90 Å². The van der Waals surface area contributed by atoms with E-state index in [9.17, 15) is 0 Å². The zero-order valence-electron chi connectivity index (χ0n) is 15.1. The molecule has 0 aromatic carbocycles. The molecular weight excluding hydrogens is 262 g/mol. The van der Waals surface area contributed by atoms with Crippen LogP contribution in [0.2, 0.25) is 0 Å². The second kappa shape index (κ2) is 9.09. The fourth-order valence-corrected chi connectivity index (χ4v) is 2.79. The van der Waals surface area contributed by atoms with Crippen LogP contribution in [0.25, 0.3) is 0 Å². The molecule has 0 aromatic rings. The molecule has 0 radical (unpaired) electrons. The molecule has 0 aromatic heterocycles. The average molecular weight is 300 g/mol. The minimum Gasteiger partial charge on any atom is -0.376 e. The van der Waals surface area contributed by atoms with Crippen molar-refractivity contribution in [3.05, 3.63) is 0 Å². The molecule has 0 saturated carbocycles. The highest BCUT2D eigenvalue weighted by Gasteiger charge is 2.21. The van der Waals surface area contributed by atoms with E-state index < -0.39 is 0 Å². The van der Waals surface area contributed by atoms with Gasteiger partial charge in [0.15, 0.2) is 0 Å². The van der Waals surface area contributed by atoms with Gasteiger partial charge >= 0.3 is 0 Å². The Morgan fingerprint density at radius 2 is 2.05 bits per heavy atom. The van der Waals surface area contributed by atoms with E-state index >= 15 is 0 Å². The largest absolute Gasteiger partial charge is 0.376 e. The van der Waals surface area contributed by atoms with Crippen molar-refractivity contribution >= 4 is 0 Å².